The lowest BCUT2D eigenvalue weighted by atomic mass is 10.3. The fraction of sp³-hybridized carbons (Fsp3) is 0.727. The van der Waals surface area contributed by atoms with E-state index in [1.54, 1.807) is 10.9 Å². The zero-order valence-corrected chi connectivity index (χ0v) is 11.6. The number of rotatable bonds is 7. The SMILES string of the molecule is CNCCn1cc(S(=O)(=O)NCC2CC2C)cn1. The van der Waals surface area contributed by atoms with E-state index < -0.39 is 10.0 Å². The molecular weight excluding hydrogens is 252 g/mol. The minimum absolute atomic E-state index is 0.243. The number of hydrogen-bond donors (Lipinski definition) is 2. The molecule has 102 valence electrons. The number of nitrogens with one attached hydrogen (secondary N) is 2. The molecule has 0 aromatic carbocycles. The summed E-state index contributed by atoms with van der Waals surface area (Å²) in [7, 11) is -1.55. The first-order chi connectivity index (χ1) is 8.53. The zero-order valence-electron chi connectivity index (χ0n) is 10.8. The lowest BCUT2D eigenvalue weighted by molar-refractivity contribution is 0.571. The van der Waals surface area contributed by atoms with E-state index in [9.17, 15) is 8.42 Å². The van der Waals surface area contributed by atoms with Crippen molar-refractivity contribution in [3.8, 4) is 0 Å². The molecule has 2 N–H and O–H groups in total. The van der Waals surface area contributed by atoms with Gasteiger partial charge in [-0.15, -0.1) is 0 Å². The van der Waals surface area contributed by atoms with Crippen LogP contribution in [0.4, 0.5) is 0 Å². The third-order valence-corrected chi connectivity index (χ3v) is 4.70. The van der Waals surface area contributed by atoms with Crippen LogP contribution in [0.15, 0.2) is 17.3 Å². The van der Waals surface area contributed by atoms with Gasteiger partial charge in [0.25, 0.3) is 0 Å². The van der Waals surface area contributed by atoms with E-state index in [0.717, 1.165) is 13.0 Å². The monoisotopic (exact) mass is 272 g/mol. The van der Waals surface area contributed by atoms with Gasteiger partial charge in [0, 0.05) is 19.3 Å². The first-order valence-corrected chi connectivity index (χ1v) is 7.68. The van der Waals surface area contributed by atoms with Crippen molar-refractivity contribution in [3.63, 3.8) is 0 Å². The van der Waals surface area contributed by atoms with Crippen LogP contribution in [0.3, 0.4) is 0 Å². The molecule has 0 aliphatic heterocycles. The minimum atomic E-state index is -3.40. The molecule has 0 amide bonds. The summed E-state index contributed by atoms with van der Waals surface area (Å²) in [6.07, 6.45) is 4.08. The summed E-state index contributed by atoms with van der Waals surface area (Å²) in [5.41, 5.74) is 0. The maximum Gasteiger partial charge on any atom is 0.243 e. The van der Waals surface area contributed by atoms with Gasteiger partial charge in [0.05, 0.1) is 12.7 Å². The van der Waals surface area contributed by atoms with Gasteiger partial charge in [-0.25, -0.2) is 13.1 Å². The Morgan fingerprint density at radius 2 is 2.28 bits per heavy atom. The predicted molar refractivity (Wildman–Crippen MR) is 68.6 cm³/mol. The number of likely N-dealkylation sites (N-methyl/N-ethyl adjacent to an activating group) is 1. The highest BCUT2D eigenvalue weighted by Crippen LogP contribution is 2.37. The summed E-state index contributed by atoms with van der Waals surface area (Å²) >= 11 is 0. The van der Waals surface area contributed by atoms with Crippen LogP contribution in [-0.4, -0.2) is 38.3 Å². The molecule has 0 saturated heterocycles. The smallest absolute Gasteiger partial charge is 0.243 e. The van der Waals surface area contributed by atoms with Crippen molar-refractivity contribution in [1.82, 2.24) is 19.8 Å². The fourth-order valence-corrected chi connectivity index (χ4v) is 2.86. The van der Waals surface area contributed by atoms with Gasteiger partial charge in [-0.1, -0.05) is 6.92 Å². The second-order valence-corrected chi connectivity index (χ2v) is 6.63. The van der Waals surface area contributed by atoms with E-state index in [1.165, 1.54) is 6.20 Å². The summed E-state index contributed by atoms with van der Waals surface area (Å²) in [5.74, 6) is 1.14. The van der Waals surface area contributed by atoms with Crippen molar-refractivity contribution >= 4 is 10.0 Å². The van der Waals surface area contributed by atoms with Crippen LogP contribution in [-0.2, 0) is 16.6 Å². The molecule has 1 aliphatic carbocycles. The summed E-state index contributed by atoms with van der Waals surface area (Å²) in [6.45, 7) is 4.08. The van der Waals surface area contributed by atoms with E-state index in [-0.39, 0.29) is 4.90 Å². The molecule has 0 bridgehead atoms. The quantitative estimate of drug-likeness (QED) is 0.734. The van der Waals surface area contributed by atoms with E-state index in [4.69, 9.17) is 0 Å². The Balaban J connectivity index is 1.93. The molecule has 7 heteroatoms. The Labute approximate surface area is 108 Å². The van der Waals surface area contributed by atoms with Crippen molar-refractivity contribution < 1.29 is 8.42 Å². The topological polar surface area (TPSA) is 76.0 Å². The van der Waals surface area contributed by atoms with Crippen LogP contribution >= 0.6 is 0 Å². The Morgan fingerprint density at radius 1 is 1.56 bits per heavy atom. The van der Waals surface area contributed by atoms with Crippen LogP contribution in [0.1, 0.15) is 13.3 Å². The molecule has 1 aromatic heterocycles. The van der Waals surface area contributed by atoms with Crippen molar-refractivity contribution in [2.24, 2.45) is 11.8 Å². The fourth-order valence-electron chi connectivity index (χ4n) is 1.82. The molecule has 2 atom stereocenters. The number of sulfonamides is 1. The van der Waals surface area contributed by atoms with E-state index >= 15 is 0 Å². The van der Waals surface area contributed by atoms with Gasteiger partial charge < -0.3 is 5.32 Å². The number of hydrogen-bond acceptors (Lipinski definition) is 4. The normalized spacial score (nSPS) is 23.2. The summed E-state index contributed by atoms with van der Waals surface area (Å²) in [4.78, 5) is 0.243. The molecule has 1 aliphatic rings. The third-order valence-electron chi connectivity index (χ3n) is 3.32. The summed E-state index contributed by atoms with van der Waals surface area (Å²) < 4.78 is 28.2. The standard InChI is InChI=1S/C11H20N4O2S/c1-9-5-10(9)6-14-18(16,17)11-7-13-15(8-11)4-3-12-2/h7-10,12,14H,3-6H2,1-2H3. The molecule has 2 rings (SSSR count). The Kier molecular flexibility index (Phi) is 4.04. The average molecular weight is 272 g/mol. The molecule has 6 nitrogen and oxygen atoms in total. The lowest BCUT2D eigenvalue weighted by Crippen LogP contribution is -2.26. The van der Waals surface area contributed by atoms with Gasteiger partial charge in [0.2, 0.25) is 10.0 Å². The Bertz CT molecular complexity index is 497. The second-order valence-electron chi connectivity index (χ2n) is 4.87. The highest BCUT2D eigenvalue weighted by atomic mass is 32.2. The van der Waals surface area contributed by atoms with Gasteiger partial charge in [0.15, 0.2) is 0 Å². The summed E-state index contributed by atoms with van der Waals surface area (Å²) in [6, 6.07) is 0. The maximum absolute atomic E-state index is 12.0. The third kappa shape index (κ3) is 3.30. The summed E-state index contributed by atoms with van der Waals surface area (Å²) in [5, 5.41) is 7.03. The minimum Gasteiger partial charge on any atom is -0.318 e. The van der Waals surface area contributed by atoms with Crippen molar-refractivity contribution in [2.75, 3.05) is 20.1 Å². The Morgan fingerprint density at radius 3 is 2.89 bits per heavy atom. The highest BCUT2D eigenvalue weighted by Gasteiger charge is 2.33. The van der Waals surface area contributed by atoms with Gasteiger partial charge in [-0.05, 0) is 25.3 Å². The Hall–Kier alpha value is -0.920. The second kappa shape index (κ2) is 5.38. The van der Waals surface area contributed by atoms with Crippen molar-refractivity contribution in [1.29, 1.82) is 0 Å². The average Bonchev–Trinajstić information content (AvgIpc) is 2.84. The largest absolute Gasteiger partial charge is 0.318 e. The van der Waals surface area contributed by atoms with Crippen LogP contribution in [0, 0.1) is 11.8 Å². The molecule has 1 aromatic rings. The van der Waals surface area contributed by atoms with Crippen LogP contribution in [0.25, 0.3) is 0 Å². The first-order valence-electron chi connectivity index (χ1n) is 6.19. The molecule has 18 heavy (non-hydrogen) atoms. The molecule has 1 heterocycles. The van der Waals surface area contributed by atoms with E-state index in [0.29, 0.717) is 24.9 Å². The van der Waals surface area contributed by atoms with E-state index in [1.807, 2.05) is 7.05 Å². The highest BCUT2D eigenvalue weighted by molar-refractivity contribution is 7.89. The first kappa shape index (κ1) is 13.5. The zero-order chi connectivity index (χ0) is 13.2. The molecule has 1 saturated carbocycles. The van der Waals surface area contributed by atoms with E-state index in [2.05, 4.69) is 22.1 Å². The molecule has 0 radical (unpaired) electrons. The lowest BCUT2D eigenvalue weighted by Gasteiger charge is -2.03. The van der Waals surface area contributed by atoms with Crippen LogP contribution < -0.4 is 10.0 Å². The molecule has 0 spiro atoms. The molecule has 1 fully saturated rings. The van der Waals surface area contributed by atoms with Gasteiger partial charge in [0.1, 0.15) is 4.90 Å². The molecule has 2 unspecified atom stereocenters. The van der Waals surface area contributed by atoms with Crippen molar-refractivity contribution in [2.45, 2.75) is 24.8 Å². The number of aromatic nitrogens is 2. The van der Waals surface area contributed by atoms with Gasteiger partial charge in [-0.2, -0.15) is 5.10 Å². The maximum atomic E-state index is 12.0. The van der Waals surface area contributed by atoms with Gasteiger partial charge >= 0.3 is 0 Å². The molecular formula is C11H20N4O2S. The number of nitrogens with zero attached hydrogens (tertiary/aromatic N) is 2. The van der Waals surface area contributed by atoms with Crippen LogP contribution in [0.5, 0.6) is 0 Å². The van der Waals surface area contributed by atoms with Crippen LogP contribution in [0.2, 0.25) is 0 Å². The van der Waals surface area contributed by atoms with Crippen molar-refractivity contribution in [3.05, 3.63) is 12.4 Å². The predicted octanol–water partition coefficient (Wildman–Crippen LogP) is 0.0368. The van der Waals surface area contributed by atoms with Gasteiger partial charge in [-0.3, -0.25) is 4.68 Å².